The fourth-order valence-electron chi connectivity index (χ4n) is 0.527. The van der Waals surface area contributed by atoms with E-state index in [9.17, 15) is 9.18 Å². The van der Waals surface area contributed by atoms with Crippen LogP contribution in [0.5, 0.6) is 0 Å². The summed E-state index contributed by atoms with van der Waals surface area (Å²) in [6.07, 6.45) is 4.68. The third-order valence-electron chi connectivity index (χ3n) is 0.938. The van der Waals surface area contributed by atoms with Crippen LogP contribution < -0.4 is 0 Å². The third-order valence-corrected chi connectivity index (χ3v) is 0.938. The van der Waals surface area contributed by atoms with Crippen molar-refractivity contribution in [1.82, 2.24) is 0 Å². The maximum absolute atomic E-state index is 12.0. The van der Waals surface area contributed by atoms with Crippen molar-refractivity contribution >= 4 is 5.78 Å². The largest absolute Gasteiger partial charge is 0.287 e. The Hall–Kier alpha value is -0.920. The van der Waals surface area contributed by atoms with E-state index >= 15 is 0 Å². The summed E-state index contributed by atoms with van der Waals surface area (Å²) in [5.74, 6) is -1.15. The molecule has 1 aliphatic rings. The molecular weight excluding hydrogens is 107 g/mol. The van der Waals surface area contributed by atoms with Gasteiger partial charge in [-0.25, -0.2) is 4.39 Å². The highest BCUT2D eigenvalue weighted by molar-refractivity contribution is 6.02. The quantitative estimate of drug-likeness (QED) is 0.462. The van der Waals surface area contributed by atoms with Crippen molar-refractivity contribution in [3.8, 4) is 0 Å². The van der Waals surface area contributed by atoms with Crippen molar-refractivity contribution in [2.45, 2.75) is 6.42 Å². The summed E-state index contributed by atoms with van der Waals surface area (Å²) in [4.78, 5) is 10.3. The Morgan fingerprint density at radius 1 is 1.62 bits per heavy atom. The maximum atomic E-state index is 12.0. The number of rotatable bonds is 0. The topological polar surface area (TPSA) is 17.1 Å². The van der Waals surface area contributed by atoms with Crippen LogP contribution in [0.2, 0.25) is 0 Å². The molecule has 0 heterocycles. The highest BCUT2D eigenvalue weighted by Gasteiger charge is 2.05. The number of ketones is 1. The molecule has 0 aromatic heterocycles. The molecule has 0 amide bonds. The molecule has 1 rings (SSSR count). The zero-order valence-electron chi connectivity index (χ0n) is 4.23. The number of carbonyl (C=O) groups excluding carboxylic acids is 1. The van der Waals surface area contributed by atoms with Crippen molar-refractivity contribution in [1.29, 1.82) is 0 Å². The minimum Gasteiger partial charge on any atom is -0.287 e. The Kier molecular flexibility index (Phi) is 1.24. The lowest BCUT2D eigenvalue weighted by Gasteiger charge is -1.93. The van der Waals surface area contributed by atoms with E-state index in [2.05, 4.69) is 0 Å². The zero-order chi connectivity index (χ0) is 5.98. The zero-order valence-corrected chi connectivity index (χ0v) is 4.23. The van der Waals surface area contributed by atoms with Gasteiger partial charge < -0.3 is 0 Å². The Balaban J connectivity index is 2.78. The van der Waals surface area contributed by atoms with E-state index < -0.39 is 11.6 Å². The summed E-state index contributed by atoms with van der Waals surface area (Å²) >= 11 is 0. The smallest absolute Gasteiger partial charge is 0.213 e. The van der Waals surface area contributed by atoms with Gasteiger partial charge in [0.05, 0.1) is 0 Å². The molecule has 0 radical (unpaired) electrons. The van der Waals surface area contributed by atoms with Crippen LogP contribution in [0.3, 0.4) is 0 Å². The first kappa shape index (κ1) is 5.22. The lowest BCUT2D eigenvalue weighted by atomic mass is 10.2. The predicted molar refractivity (Wildman–Crippen MR) is 28.0 cm³/mol. The number of hydrogen-bond donors (Lipinski definition) is 0. The van der Waals surface area contributed by atoms with Crippen molar-refractivity contribution in [3.05, 3.63) is 24.1 Å². The van der Waals surface area contributed by atoms with Crippen LogP contribution >= 0.6 is 0 Å². The molecule has 2 heteroatoms. The van der Waals surface area contributed by atoms with Gasteiger partial charge >= 0.3 is 0 Å². The molecule has 0 N–H and O–H groups in total. The molecule has 42 valence electrons. The molecule has 0 saturated carbocycles. The normalized spacial score (nSPS) is 18.6. The summed E-state index contributed by atoms with van der Waals surface area (Å²) < 4.78 is 12.0. The Morgan fingerprint density at radius 3 is 2.75 bits per heavy atom. The Bertz CT molecular complexity index is 167. The molecule has 0 aromatic carbocycles. The first-order valence-electron chi connectivity index (χ1n) is 2.37. The summed E-state index contributed by atoms with van der Waals surface area (Å²) in [6.45, 7) is 0. The van der Waals surface area contributed by atoms with E-state index in [1.807, 2.05) is 0 Å². The lowest BCUT2D eigenvalue weighted by molar-refractivity contribution is -0.112. The average Bonchev–Trinajstić information content (AvgIpc) is 1.77. The second-order valence-electron chi connectivity index (χ2n) is 1.55. The Morgan fingerprint density at radius 2 is 2.38 bits per heavy atom. The molecule has 0 bridgehead atoms. The SMILES string of the molecule is O=C1C=CCC=C1F. The van der Waals surface area contributed by atoms with E-state index in [4.69, 9.17) is 0 Å². The van der Waals surface area contributed by atoms with E-state index in [0.29, 0.717) is 6.42 Å². The van der Waals surface area contributed by atoms with Crippen LogP contribution in [-0.2, 0) is 4.79 Å². The number of carbonyl (C=O) groups is 1. The van der Waals surface area contributed by atoms with Crippen LogP contribution in [0, 0.1) is 0 Å². The lowest BCUT2D eigenvalue weighted by Crippen LogP contribution is -1.95. The van der Waals surface area contributed by atoms with Gasteiger partial charge in [-0.3, -0.25) is 4.79 Å². The van der Waals surface area contributed by atoms with Crippen molar-refractivity contribution in [2.24, 2.45) is 0 Å². The number of allylic oxidation sites excluding steroid dienone is 4. The van der Waals surface area contributed by atoms with E-state index in [0.717, 1.165) is 0 Å². The molecule has 1 nitrogen and oxygen atoms in total. The molecular formula is C6H5FO. The van der Waals surface area contributed by atoms with E-state index in [1.54, 1.807) is 6.08 Å². The van der Waals surface area contributed by atoms with Crippen molar-refractivity contribution in [2.75, 3.05) is 0 Å². The molecule has 0 unspecified atom stereocenters. The molecule has 1 aliphatic carbocycles. The van der Waals surface area contributed by atoms with Gasteiger partial charge in [0.15, 0.2) is 5.83 Å². The fraction of sp³-hybridized carbons (Fsp3) is 0.167. The predicted octanol–water partition coefficient (Wildman–Crippen LogP) is 1.37. The van der Waals surface area contributed by atoms with Crippen LogP contribution in [0.25, 0.3) is 0 Å². The monoisotopic (exact) mass is 112 g/mol. The highest BCUT2D eigenvalue weighted by atomic mass is 19.1. The van der Waals surface area contributed by atoms with Crippen LogP contribution in [0.15, 0.2) is 24.1 Å². The molecule has 8 heavy (non-hydrogen) atoms. The van der Waals surface area contributed by atoms with Crippen LogP contribution in [-0.4, -0.2) is 5.78 Å². The van der Waals surface area contributed by atoms with Crippen molar-refractivity contribution in [3.63, 3.8) is 0 Å². The van der Waals surface area contributed by atoms with E-state index in [-0.39, 0.29) is 0 Å². The van der Waals surface area contributed by atoms with Gasteiger partial charge in [0, 0.05) is 0 Å². The summed E-state index contributed by atoms with van der Waals surface area (Å²) in [7, 11) is 0. The first-order valence-corrected chi connectivity index (χ1v) is 2.37. The van der Waals surface area contributed by atoms with Gasteiger partial charge in [-0.1, -0.05) is 6.08 Å². The average molecular weight is 112 g/mol. The Labute approximate surface area is 46.5 Å². The number of hydrogen-bond acceptors (Lipinski definition) is 1. The minimum absolute atomic E-state index is 0.517. The molecule has 0 spiro atoms. The van der Waals surface area contributed by atoms with Crippen LogP contribution in [0.4, 0.5) is 4.39 Å². The van der Waals surface area contributed by atoms with Gasteiger partial charge in [-0.2, -0.15) is 0 Å². The second-order valence-corrected chi connectivity index (χ2v) is 1.55. The van der Waals surface area contributed by atoms with Gasteiger partial charge in [0.1, 0.15) is 0 Å². The molecule has 0 saturated heterocycles. The highest BCUT2D eigenvalue weighted by Crippen LogP contribution is 2.06. The van der Waals surface area contributed by atoms with Crippen LogP contribution in [0.1, 0.15) is 6.42 Å². The van der Waals surface area contributed by atoms with Gasteiger partial charge in [-0.15, -0.1) is 0 Å². The fourth-order valence-corrected chi connectivity index (χ4v) is 0.527. The second kappa shape index (κ2) is 1.90. The minimum atomic E-state index is -0.632. The number of halogens is 1. The molecule has 0 aliphatic heterocycles. The van der Waals surface area contributed by atoms with Gasteiger partial charge in [0.2, 0.25) is 5.78 Å². The van der Waals surface area contributed by atoms with Crippen molar-refractivity contribution < 1.29 is 9.18 Å². The summed E-state index contributed by atoms with van der Waals surface area (Å²) in [6, 6.07) is 0. The molecule has 0 atom stereocenters. The third kappa shape index (κ3) is 0.832. The van der Waals surface area contributed by atoms with Gasteiger partial charge in [-0.05, 0) is 18.6 Å². The van der Waals surface area contributed by atoms with Gasteiger partial charge in [0.25, 0.3) is 0 Å². The van der Waals surface area contributed by atoms with E-state index in [1.165, 1.54) is 12.2 Å². The summed E-state index contributed by atoms with van der Waals surface area (Å²) in [5.41, 5.74) is 0. The molecule has 0 aromatic rings. The summed E-state index contributed by atoms with van der Waals surface area (Å²) in [5, 5.41) is 0. The maximum Gasteiger partial charge on any atom is 0.213 e. The first-order chi connectivity index (χ1) is 3.80. The standard InChI is InChI=1S/C6H5FO/c7-5-3-1-2-4-6(5)8/h2-4H,1H2. The molecule has 0 fully saturated rings.